The lowest BCUT2D eigenvalue weighted by molar-refractivity contribution is 0.0933. The van der Waals surface area contributed by atoms with Crippen LogP contribution in [0.1, 0.15) is 33.5 Å². The molecule has 2 aromatic carbocycles. The van der Waals surface area contributed by atoms with Crippen LogP contribution in [0.25, 0.3) is 0 Å². The minimum absolute atomic E-state index is 0.0659. The van der Waals surface area contributed by atoms with Gasteiger partial charge in [0.25, 0.3) is 5.91 Å². The Morgan fingerprint density at radius 2 is 1.81 bits per heavy atom. The van der Waals surface area contributed by atoms with E-state index in [1.165, 1.54) is 11.1 Å². The molecule has 21 heavy (non-hydrogen) atoms. The van der Waals surface area contributed by atoms with Crippen molar-refractivity contribution in [3.63, 3.8) is 0 Å². The normalized spacial score (nSPS) is 16.6. The third-order valence-corrected chi connectivity index (χ3v) is 3.96. The van der Waals surface area contributed by atoms with E-state index in [1.54, 1.807) is 24.3 Å². The van der Waals surface area contributed by atoms with Crippen molar-refractivity contribution in [1.29, 1.82) is 5.26 Å². The average Bonchev–Trinajstić information content (AvgIpc) is 2.55. The molecule has 1 aliphatic carbocycles. The topological polar surface area (TPSA) is 52.9 Å². The predicted molar refractivity (Wildman–Crippen MR) is 80.9 cm³/mol. The number of hydrogen-bond donors (Lipinski definition) is 1. The van der Waals surface area contributed by atoms with Crippen LogP contribution in [0.3, 0.4) is 0 Å². The highest BCUT2D eigenvalue weighted by Gasteiger charge is 2.20. The van der Waals surface area contributed by atoms with Gasteiger partial charge >= 0.3 is 0 Å². The van der Waals surface area contributed by atoms with E-state index in [-0.39, 0.29) is 11.9 Å². The first-order chi connectivity index (χ1) is 10.3. The van der Waals surface area contributed by atoms with Crippen molar-refractivity contribution in [3.05, 3.63) is 70.8 Å². The van der Waals surface area contributed by atoms with Gasteiger partial charge in [0.15, 0.2) is 0 Å². The predicted octanol–water partition coefficient (Wildman–Crippen LogP) is 2.85. The van der Waals surface area contributed by atoms with Gasteiger partial charge in [0.05, 0.1) is 11.6 Å². The maximum Gasteiger partial charge on any atom is 0.251 e. The number of rotatable bonds is 2. The molecule has 0 fully saturated rings. The first kappa shape index (κ1) is 13.4. The SMILES string of the molecule is N#Cc1ccc(C(=O)NC2CCc3ccccc3C2)cc1. The minimum Gasteiger partial charge on any atom is -0.349 e. The van der Waals surface area contributed by atoms with E-state index >= 15 is 0 Å². The standard InChI is InChI=1S/C18H16N2O/c19-12-13-5-7-15(8-6-13)18(21)20-17-10-9-14-3-1-2-4-16(14)11-17/h1-8,17H,9-11H2,(H,20,21). The Morgan fingerprint density at radius 1 is 1.10 bits per heavy atom. The second-order valence-electron chi connectivity index (χ2n) is 5.37. The van der Waals surface area contributed by atoms with Crippen molar-refractivity contribution in [1.82, 2.24) is 5.32 Å². The van der Waals surface area contributed by atoms with Crippen LogP contribution in [0.5, 0.6) is 0 Å². The number of aryl methyl sites for hydroxylation is 1. The van der Waals surface area contributed by atoms with Crippen molar-refractivity contribution in [3.8, 4) is 6.07 Å². The van der Waals surface area contributed by atoms with Gasteiger partial charge in [0.2, 0.25) is 0 Å². The summed E-state index contributed by atoms with van der Waals surface area (Å²) in [5.74, 6) is -0.0659. The second kappa shape index (κ2) is 5.80. The summed E-state index contributed by atoms with van der Waals surface area (Å²) in [7, 11) is 0. The molecule has 0 saturated carbocycles. The lowest BCUT2D eigenvalue weighted by Gasteiger charge is -2.25. The van der Waals surface area contributed by atoms with Gasteiger partial charge in [-0.05, 0) is 54.7 Å². The van der Waals surface area contributed by atoms with E-state index in [2.05, 4.69) is 29.6 Å². The molecule has 104 valence electrons. The molecule has 1 aliphatic rings. The summed E-state index contributed by atoms with van der Waals surface area (Å²) in [5.41, 5.74) is 3.89. The molecule has 1 atom stereocenters. The molecule has 1 N–H and O–H groups in total. The Morgan fingerprint density at radius 3 is 2.52 bits per heavy atom. The number of benzene rings is 2. The summed E-state index contributed by atoms with van der Waals surface area (Å²) < 4.78 is 0. The van der Waals surface area contributed by atoms with Crippen molar-refractivity contribution in [2.75, 3.05) is 0 Å². The maximum atomic E-state index is 12.2. The fourth-order valence-corrected chi connectivity index (χ4v) is 2.79. The first-order valence-corrected chi connectivity index (χ1v) is 7.14. The molecule has 1 unspecified atom stereocenters. The minimum atomic E-state index is -0.0659. The molecular formula is C18H16N2O. The molecule has 0 spiro atoms. The lowest BCUT2D eigenvalue weighted by Crippen LogP contribution is -2.38. The number of hydrogen-bond acceptors (Lipinski definition) is 2. The van der Waals surface area contributed by atoms with Crippen molar-refractivity contribution in [2.45, 2.75) is 25.3 Å². The van der Waals surface area contributed by atoms with E-state index in [0.29, 0.717) is 11.1 Å². The highest BCUT2D eigenvalue weighted by atomic mass is 16.1. The van der Waals surface area contributed by atoms with Crippen LogP contribution in [0.15, 0.2) is 48.5 Å². The fraction of sp³-hybridized carbons (Fsp3) is 0.222. The average molecular weight is 276 g/mol. The van der Waals surface area contributed by atoms with Crippen molar-refractivity contribution < 1.29 is 4.79 Å². The van der Waals surface area contributed by atoms with Crippen molar-refractivity contribution in [2.24, 2.45) is 0 Å². The number of nitriles is 1. The van der Waals surface area contributed by atoms with E-state index < -0.39 is 0 Å². The number of carbonyl (C=O) groups is 1. The van der Waals surface area contributed by atoms with Crippen LogP contribution in [-0.4, -0.2) is 11.9 Å². The van der Waals surface area contributed by atoms with E-state index in [4.69, 9.17) is 5.26 Å². The van der Waals surface area contributed by atoms with E-state index in [9.17, 15) is 4.79 Å². The van der Waals surface area contributed by atoms with Gasteiger partial charge in [-0.2, -0.15) is 5.26 Å². The van der Waals surface area contributed by atoms with Crippen molar-refractivity contribution >= 4 is 5.91 Å². The van der Waals surface area contributed by atoms with Crippen LogP contribution in [0.4, 0.5) is 0 Å². The Bertz CT molecular complexity index is 698. The summed E-state index contributed by atoms with van der Waals surface area (Å²) in [6.07, 6.45) is 2.87. The first-order valence-electron chi connectivity index (χ1n) is 7.14. The number of nitrogens with zero attached hydrogens (tertiary/aromatic N) is 1. The Hall–Kier alpha value is -2.60. The van der Waals surface area contributed by atoms with Crippen LogP contribution < -0.4 is 5.32 Å². The highest BCUT2D eigenvalue weighted by Crippen LogP contribution is 2.21. The zero-order valence-corrected chi connectivity index (χ0v) is 11.7. The zero-order valence-electron chi connectivity index (χ0n) is 11.7. The number of fused-ring (bicyclic) bond motifs is 1. The summed E-state index contributed by atoms with van der Waals surface area (Å²) in [5, 5.41) is 11.9. The molecule has 3 nitrogen and oxygen atoms in total. The zero-order chi connectivity index (χ0) is 14.7. The Balaban J connectivity index is 1.67. The van der Waals surface area contributed by atoms with E-state index in [1.807, 2.05) is 6.07 Å². The molecule has 3 heteroatoms. The number of carbonyl (C=O) groups excluding carboxylic acids is 1. The van der Waals surface area contributed by atoms with Gasteiger partial charge in [-0.15, -0.1) is 0 Å². The molecule has 0 heterocycles. The Kier molecular flexibility index (Phi) is 3.70. The second-order valence-corrected chi connectivity index (χ2v) is 5.37. The number of amides is 1. The van der Waals surface area contributed by atoms with Gasteiger partial charge in [0, 0.05) is 11.6 Å². The monoisotopic (exact) mass is 276 g/mol. The van der Waals surface area contributed by atoms with Gasteiger partial charge in [-0.25, -0.2) is 0 Å². The molecule has 1 amide bonds. The fourth-order valence-electron chi connectivity index (χ4n) is 2.79. The van der Waals surface area contributed by atoms with Gasteiger partial charge < -0.3 is 5.32 Å². The van der Waals surface area contributed by atoms with Crippen LogP contribution >= 0.6 is 0 Å². The molecule has 0 radical (unpaired) electrons. The molecule has 0 bridgehead atoms. The third-order valence-electron chi connectivity index (χ3n) is 3.96. The molecular weight excluding hydrogens is 260 g/mol. The van der Waals surface area contributed by atoms with Gasteiger partial charge in [0.1, 0.15) is 0 Å². The molecule has 0 saturated heterocycles. The van der Waals surface area contributed by atoms with Gasteiger partial charge in [-0.1, -0.05) is 24.3 Å². The van der Waals surface area contributed by atoms with Crippen LogP contribution in [0, 0.1) is 11.3 Å². The molecule has 0 aromatic heterocycles. The largest absolute Gasteiger partial charge is 0.349 e. The summed E-state index contributed by atoms with van der Waals surface area (Å²) in [6.45, 7) is 0. The summed E-state index contributed by atoms with van der Waals surface area (Å²) in [4.78, 5) is 12.2. The van der Waals surface area contributed by atoms with Crippen LogP contribution in [0.2, 0.25) is 0 Å². The molecule has 3 rings (SSSR count). The van der Waals surface area contributed by atoms with Crippen LogP contribution in [-0.2, 0) is 12.8 Å². The maximum absolute atomic E-state index is 12.2. The lowest BCUT2D eigenvalue weighted by atomic mass is 9.88. The smallest absolute Gasteiger partial charge is 0.251 e. The summed E-state index contributed by atoms with van der Waals surface area (Å²) in [6, 6.07) is 17.4. The molecule has 2 aromatic rings. The van der Waals surface area contributed by atoms with Gasteiger partial charge in [-0.3, -0.25) is 4.79 Å². The highest BCUT2D eigenvalue weighted by molar-refractivity contribution is 5.94. The number of nitrogens with one attached hydrogen (secondary N) is 1. The Labute approximate surface area is 124 Å². The quantitative estimate of drug-likeness (QED) is 0.917. The van der Waals surface area contributed by atoms with E-state index in [0.717, 1.165) is 19.3 Å². The third kappa shape index (κ3) is 2.95. The summed E-state index contributed by atoms with van der Waals surface area (Å²) >= 11 is 0. The molecule has 0 aliphatic heterocycles.